The molecule has 124 valence electrons. The number of ether oxygens (including phenoxy) is 1. The second-order valence-corrected chi connectivity index (χ2v) is 7.71. The van der Waals surface area contributed by atoms with E-state index in [0.29, 0.717) is 0 Å². The first-order valence-corrected chi connectivity index (χ1v) is 7.80. The number of carbonyl (C=O) groups is 1. The molecule has 1 amide bonds. The Labute approximate surface area is 134 Å². The van der Waals surface area contributed by atoms with Crippen molar-refractivity contribution in [1.82, 2.24) is 10.6 Å². The smallest absolute Gasteiger partial charge is 0.408 e. The average Bonchev–Trinajstić information content (AvgIpc) is 2.33. The van der Waals surface area contributed by atoms with E-state index >= 15 is 0 Å². The van der Waals surface area contributed by atoms with Crippen LogP contribution in [0.15, 0.2) is 24.3 Å². The Balaban J connectivity index is 2.57. The maximum Gasteiger partial charge on any atom is 0.408 e. The third-order valence-electron chi connectivity index (χ3n) is 3.04. The fraction of sp³-hybridized carbons (Fsp3) is 0.611. The molecule has 0 bridgehead atoms. The summed E-state index contributed by atoms with van der Waals surface area (Å²) < 4.78 is 5.27. The molecule has 4 heteroatoms. The second-order valence-electron chi connectivity index (χ2n) is 7.71. The van der Waals surface area contributed by atoms with Crippen molar-refractivity contribution in [2.45, 2.75) is 72.2 Å². The van der Waals surface area contributed by atoms with Gasteiger partial charge in [-0.2, -0.15) is 0 Å². The van der Waals surface area contributed by atoms with Gasteiger partial charge in [0, 0.05) is 12.1 Å². The molecule has 0 radical (unpaired) electrons. The van der Waals surface area contributed by atoms with Crippen LogP contribution in [0.1, 0.15) is 65.6 Å². The molecule has 22 heavy (non-hydrogen) atoms. The lowest BCUT2D eigenvalue weighted by Gasteiger charge is -2.22. The van der Waals surface area contributed by atoms with Gasteiger partial charge < -0.3 is 15.4 Å². The number of hydrogen-bond acceptors (Lipinski definition) is 3. The van der Waals surface area contributed by atoms with Crippen LogP contribution >= 0.6 is 0 Å². The van der Waals surface area contributed by atoms with Crippen molar-refractivity contribution in [3.63, 3.8) is 0 Å². The molecule has 0 aliphatic heterocycles. The number of carbonyl (C=O) groups excluding carboxylic acids is 1. The highest BCUT2D eigenvalue weighted by molar-refractivity contribution is 5.68. The van der Waals surface area contributed by atoms with Crippen LogP contribution < -0.4 is 10.6 Å². The summed E-state index contributed by atoms with van der Waals surface area (Å²) in [6, 6.07) is 8.17. The molecule has 0 saturated heterocycles. The zero-order chi connectivity index (χ0) is 17.0. The van der Waals surface area contributed by atoms with Crippen LogP contribution in [0.2, 0.25) is 0 Å². The molecule has 1 rings (SSSR count). The number of benzene rings is 1. The zero-order valence-electron chi connectivity index (χ0n) is 14.9. The van der Waals surface area contributed by atoms with Gasteiger partial charge in [-0.3, -0.25) is 0 Å². The molecular weight excluding hydrogens is 276 g/mol. The molecule has 0 aliphatic rings. The number of rotatable bonds is 4. The molecule has 0 spiro atoms. The van der Waals surface area contributed by atoms with E-state index in [-0.39, 0.29) is 11.6 Å². The number of hydrogen-bond donors (Lipinski definition) is 2. The highest BCUT2D eigenvalue weighted by Crippen LogP contribution is 2.15. The molecule has 0 aliphatic carbocycles. The SMILES string of the molecule is CC(NC(=O)OC(C)(C)C)c1ccc(CNC(C)(C)C)cc1. The molecule has 0 heterocycles. The summed E-state index contributed by atoms with van der Waals surface area (Å²) >= 11 is 0. The first-order chi connectivity index (χ1) is 9.96. The largest absolute Gasteiger partial charge is 0.444 e. The van der Waals surface area contributed by atoms with Crippen molar-refractivity contribution in [2.75, 3.05) is 0 Å². The fourth-order valence-electron chi connectivity index (χ4n) is 1.86. The molecule has 1 aromatic carbocycles. The summed E-state index contributed by atoms with van der Waals surface area (Å²) in [4.78, 5) is 11.8. The van der Waals surface area contributed by atoms with Crippen LogP contribution in [-0.4, -0.2) is 17.2 Å². The van der Waals surface area contributed by atoms with Gasteiger partial charge in [0.1, 0.15) is 5.60 Å². The maximum atomic E-state index is 11.8. The normalized spacial score (nSPS) is 13.6. The Bertz CT molecular complexity index is 481. The Morgan fingerprint density at radius 1 is 1.09 bits per heavy atom. The predicted octanol–water partition coefficient (Wildman–Crippen LogP) is 4.16. The number of amides is 1. The first kappa shape index (κ1) is 18.5. The standard InChI is InChI=1S/C18H30N2O2/c1-13(20-16(21)22-18(5,6)7)15-10-8-14(9-11-15)12-19-17(2,3)4/h8-11,13,19H,12H2,1-7H3,(H,20,21). The fourth-order valence-corrected chi connectivity index (χ4v) is 1.86. The van der Waals surface area contributed by atoms with Crippen molar-refractivity contribution < 1.29 is 9.53 Å². The minimum atomic E-state index is -0.480. The molecule has 2 N–H and O–H groups in total. The molecule has 1 atom stereocenters. The van der Waals surface area contributed by atoms with E-state index in [1.165, 1.54) is 5.56 Å². The summed E-state index contributed by atoms with van der Waals surface area (Å²) in [6.45, 7) is 14.8. The predicted molar refractivity (Wildman–Crippen MR) is 90.8 cm³/mol. The van der Waals surface area contributed by atoms with Gasteiger partial charge in [0.25, 0.3) is 0 Å². The van der Waals surface area contributed by atoms with E-state index in [4.69, 9.17) is 4.74 Å². The van der Waals surface area contributed by atoms with Crippen LogP contribution in [0.25, 0.3) is 0 Å². The van der Waals surface area contributed by atoms with Gasteiger partial charge in [-0.05, 0) is 59.6 Å². The monoisotopic (exact) mass is 306 g/mol. The maximum absolute atomic E-state index is 11.8. The van der Waals surface area contributed by atoms with Crippen LogP contribution in [0.3, 0.4) is 0 Å². The van der Waals surface area contributed by atoms with Crippen molar-refractivity contribution in [3.05, 3.63) is 35.4 Å². The lowest BCUT2D eigenvalue weighted by molar-refractivity contribution is 0.0508. The summed E-state index contributed by atoms with van der Waals surface area (Å²) in [5.41, 5.74) is 1.91. The minimum absolute atomic E-state index is 0.0838. The van der Waals surface area contributed by atoms with E-state index in [1.807, 2.05) is 39.8 Å². The Hall–Kier alpha value is -1.55. The van der Waals surface area contributed by atoms with Crippen LogP contribution in [0, 0.1) is 0 Å². The van der Waals surface area contributed by atoms with Crippen molar-refractivity contribution in [2.24, 2.45) is 0 Å². The van der Waals surface area contributed by atoms with Gasteiger partial charge in [0.2, 0.25) is 0 Å². The van der Waals surface area contributed by atoms with Gasteiger partial charge in [-0.15, -0.1) is 0 Å². The first-order valence-electron chi connectivity index (χ1n) is 7.80. The highest BCUT2D eigenvalue weighted by atomic mass is 16.6. The van der Waals surface area contributed by atoms with Gasteiger partial charge in [0.05, 0.1) is 6.04 Å². The quantitative estimate of drug-likeness (QED) is 0.878. The Morgan fingerprint density at radius 2 is 1.64 bits per heavy atom. The summed E-state index contributed by atoms with van der Waals surface area (Å²) in [5.74, 6) is 0. The lowest BCUT2D eigenvalue weighted by Crippen LogP contribution is -2.35. The van der Waals surface area contributed by atoms with E-state index in [2.05, 4.69) is 43.5 Å². The van der Waals surface area contributed by atoms with Gasteiger partial charge in [-0.25, -0.2) is 4.79 Å². The average molecular weight is 306 g/mol. The topological polar surface area (TPSA) is 50.4 Å². The molecule has 0 aromatic heterocycles. The van der Waals surface area contributed by atoms with E-state index in [9.17, 15) is 4.79 Å². The molecular formula is C18H30N2O2. The minimum Gasteiger partial charge on any atom is -0.444 e. The molecule has 0 fully saturated rings. The lowest BCUT2D eigenvalue weighted by atomic mass is 10.0. The third kappa shape index (κ3) is 7.46. The van der Waals surface area contributed by atoms with Gasteiger partial charge >= 0.3 is 6.09 Å². The Morgan fingerprint density at radius 3 is 2.09 bits per heavy atom. The van der Waals surface area contributed by atoms with E-state index < -0.39 is 11.7 Å². The van der Waals surface area contributed by atoms with Crippen molar-refractivity contribution in [3.8, 4) is 0 Å². The van der Waals surface area contributed by atoms with E-state index in [0.717, 1.165) is 12.1 Å². The van der Waals surface area contributed by atoms with Crippen molar-refractivity contribution >= 4 is 6.09 Å². The molecule has 4 nitrogen and oxygen atoms in total. The molecule has 1 aromatic rings. The third-order valence-corrected chi connectivity index (χ3v) is 3.04. The van der Waals surface area contributed by atoms with Gasteiger partial charge in [0.15, 0.2) is 0 Å². The number of alkyl carbamates (subject to hydrolysis) is 1. The van der Waals surface area contributed by atoms with E-state index in [1.54, 1.807) is 0 Å². The Kier molecular flexibility index (Phi) is 6.00. The molecule has 0 saturated carbocycles. The summed E-state index contributed by atoms with van der Waals surface area (Å²) in [6.07, 6.45) is -0.390. The van der Waals surface area contributed by atoms with Crippen LogP contribution in [0.4, 0.5) is 4.79 Å². The molecule has 1 unspecified atom stereocenters. The van der Waals surface area contributed by atoms with Gasteiger partial charge in [-0.1, -0.05) is 24.3 Å². The van der Waals surface area contributed by atoms with Crippen LogP contribution in [-0.2, 0) is 11.3 Å². The zero-order valence-corrected chi connectivity index (χ0v) is 14.9. The van der Waals surface area contributed by atoms with Crippen molar-refractivity contribution in [1.29, 1.82) is 0 Å². The summed E-state index contributed by atoms with van der Waals surface area (Å²) in [5, 5.41) is 6.31. The summed E-state index contributed by atoms with van der Waals surface area (Å²) in [7, 11) is 0. The highest BCUT2D eigenvalue weighted by Gasteiger charge is 2.18. The number of nitrogens with one attached hydrogen (secondary N) is 2. The second kappa shape index (κ2) is 7.14. The van der Waals surface area contributed by atoms with Crippen LogP contribution in [0.5, 0.6) is 0 Å².